The number of carbonyl (C=O) groups is 1. The summed E-state index contributed by atoms with van der Waals surface area (Å²) in [6, 6.07) is 6.06. The number of fused-ring (bicyclic) bond motifs is 1. The number of benzene rings is 1. The fourth-order valence-electron chi connectivity index (χ4n) is 3.69. The molecule has 7 heteroatoms. The number of carbonyl (C=O) groups excluding carboxylic acids is 1. The number of nitrogens with zero attached hydrogens (tertiary/aromatic N) is 1. The predicted octanol–water partition coefficient (Wildman–Crippen LogP) is 2.55. The van der Waals surface area contributed by atoms with Gasteiger partial charge in [-0.05, 0) is 56.9 Å². The summed E-state index contributed by atoms with van der Waals surface area (Å²) in [5.74, 6) is 0.00879. The minimum atomic E-state index is -3.60. The molecule has 0 saturated carbocycles. The first-order chi connectivity index (χ1) is 10.8. The minimum absolute atomic E-state index is 0.00879. The molecule has 0 unspecified atom stereocenters. The van der Waals surface area contributed by atoms with Gasteiger partial charge in [-0.1, -0.05) is 11.6 Å². The van der Waals surface area contributed by atoms with Crippen LogP contribution in [0.4, 0.5) is 0 Å². The molecule has 2 fully saturated rings. The van der Waals surface area contributed by atoms with E-state index in [1.165, 1.54) is 0 Å². The lowest BCUT2D eigenvalue weighted by Gasteiger charge is -2.45. The monoisotopic (exact) mass is 356 g/mol. The van der Waals surface area contributed by atoms with Crippen LogP contribution in [-0.2, 0) is 14.8 Å². The van der Waals surface area contributed by atoms with Crippen LogP contribution in [0.2, 0.25) is 5.02 Å². The molecule has 23 heavy (non-hydrogen) atoms. The summed E-state index contributed by atoms with van der Waals surface area (Å²) in [5.41, 5.74) is -0.495. The fourth-order valence-corrected chi connectivity index (χ4v) is 5.61. The Hall–Kier alpha value is -1.11. The Bertz CT molecular complexity index is 705. The quantitative estimate of drug-likeness (QED) is 0.885. The van der Waals surface area contributed by atoms with Crippen LogP contribution in [0.25, 0.3) is 0 Å². The molecule has 2 saturated heterocycles. The lowest BCUT2D eigenvalue weighted by atomic mass is 9.82. The molecule has 0 radical (unpaired) electrons. The molecule has 2 atom stereocenters. The lowest BCUT2D eigenvalue weighted by molar-refractivity contribution is -0.126. The standard InChI is InChI=1S/C16H21ClN2O3S/c1-16-10-2-3-11-19(14(16)8-9-15(20)18-16)23(21,22)13-6-4-12(17)5-7-13/h4-7,14H,2-3,8-11H2,1H3,(H,18,20)/t14-,16-/m0/s1. The van der Waals surface area contributed by atoms with Gasteiger partial charge in [-0.15, -0.1) is 0 Å². The van der Waals surface area contributed by atoms with Gasteiger partial charge in [0.15, 0.2) is 0 Å². The third-order valence-corrected chi connectivity index (χ3v) is 7.07. The maximum atomic E-state index is 13.1. The van der Waals surface area contributed by atoms with Crippen molar-refractivity contribution in [1.82, 2.24) is 9.62 Å². The predicted molar refractivity (Wildman–Crippen MR) is 88.8 cm³/mol. The zero-order chi connectivity index (χ0) is 16.7. The van der Waals surface area contributed by atoms with Crippen LogP contribution in [-0.4, -0.2) is 36.8 Å². The van der Waals surface area contributed by atoms with Crippen molar-refractivity contribution in [3.8, 4) is 0 Å². The van der Waals surface area contributed by atoms with Gasteiger partial charge in [0.05, 0.1) is 10.4 Å². The van der Waals surface area contributed by atoms with Crippen molar-refractivity contribution in [3.05, 3.63) is 29.3 Å². The highest BCUT2D eigenvalue weighted by Crippen LogP contribution is 2.36. The first-order valence-electron chi connectivity index (χ1n) is 7.91. The van der Waals surface area contributed by atoms with Crippen molar-refractivity contribution in [2.24, 2.45) is 0 Å². The van der Waals surface area contributed by atoms with Gasteiger partial charge in [-0.25, -0.2) is 8.42 Å². The molecule has 0 spiro atoms. The molecular weight excluding hydrogens is 336 g/mol. The van der Waals surface area contributed by atoms with Crippen molar-refractivity contribution in [3.63, 3.8) is 0 Å². The number of halogens is 1. The second-order valence-electron chi connectivity index (χ2n) is 6.55. The SMILES string of the molecule is C[C@]12CCCCN(S(=O)(=O)c3ccc(Cl)cc3)[C@H]1CCC(=O)N2. The largest absolute Gasteiger partial charge is 0.349 e. The summed E-state index contributed by atoms with van der Waals surface area (Å²) < 4.78 is 27.8. The maximum absolute atomic E-state index is 13.1. The van der Waals surface area contributed by atoms with Crippen LogP contribution in [0.3, 0.4) is 0 Å². The van der Waals surface area contributed by atoms with Crippen molar-refractivity contribution in [2.75, 3.05) is 6.54 Å². The van der Waals surface area contributed by atoms with E-state index in [0.717, 1.165) is 19.3 Å². The molecule has 0 bridgehead atoms. The van der Waals surface area contributed by atoms with Crippen LogP contribution < -0.4 is 5.32 Å². The van der Waals surface area contributed by atoms with E-state index in [1.54, 1.807) is 28.6 Å². The summed E-state index contributed by atoms with van der Waals surface area (Å²) >= 11 is 5.87. The van der Waals surface area contributed by atoms with Gasteiger partial charge in [-0.2, -0.15) is 4.31 Å². The molecule has 1 aromatic rings. The summed E-state index contributed by atoms with van der Waals surface area (Å²) in [6.45, 7) is 2.45. The summed E-state index contributed by atoms with van der Waals surface area (Å²) in [4.78, 5) is 12.1. The van der Waals surface area contributed by atoms with E-state index in [9.17, 15) is 13.2 Å². The first-order valence-corrected chi connectivity index (χ1v) is 9.73. The van der Waals surface area contributed by atoms with Gasteiger partial charge in [0, 0.05) is 24.0 Å². The van der Waals surface area contributed by atoms with Gasteiger partial charge in [0.25, 0.3) is 0 Å². The first kappa shape index (κ1) is 16.7. The highest BCUT2D eigenvalue weighted by atomic mass is 35.5. The van der Waals surface area contributed by atoms with Gasteiger partial charge in [0.1, 0.15) is 0 Å². The zero-order valence-corrected chi connectivity index (χ0v) is 14.7. The van der Waals surface area contributed by atoms with Gasteiger partial charge in [0.2, 0.25) is 15.9 Å². The van der Waals surface area contributed by atoms with Gasteiger partial charge in [-0.3, -0.25) is 4.79 Å². The summed E-state index contributed by atoms with van der Waals surface area (Å²) in [6.07, 6.45) is 3.44. The summed E-state index contributed by atoms with van der Waals surface area (Å²) in [5, 5.41) is 3.54. The lowest BCUT2D eigenvalue weighted by Crippen LogP contribution is -2.63. The molecule has 1 amide bonds. The summed E-state index contributed by atoms with van der Waals surface area (Å²) in [7, 11) is -3.60. The average Bonchev–Trinajstić information content (AvgIpc) is 2.66. The number of sulfonamides is 1. The molecule has 2 aliphatic heterocycles. The number of piperidine rings is 1. The van der Waals surface area contributed by atoms with E-state index >= 15 is 0 Å². The Morgan fingerprint density at radius 1 is 1.26 bits per heavy atom. The smallest absolute Gasteiger partial charge is 0.243 e. The second-order valence-corrected chi connectivity index (χ2v) is 8.87. The number of hydrogen-bond donors (Lipinski definition) is 1. The number of rotatable bonds is 2. The zero-order valence-electron chi connectivity index (χ0n) is 13.1. The van der Waals surface area contributed by atoms with Crippen LogP contribution in [0.5, 0.6) is 0 Å². The molecule has 2 aliphatic rings. The molecular formula is C16H21ClN2O3S. The molecule has 1 aromatic carbocycles. The topological polar surface area (TPSA) is 66.5 Å². The highest BCUT2D eigenvalue weighted by Gasteiger charge is 2.47. The van der Waals surface area contributed by atoms with Crippen molar-refractivity contribution in [2.45, 2.75) is 55.5 Å². The van der Waals surface area contributed by atoms with Crippen LogP contribution >= 0.6 is 11.6 Å². The van der Waals surface area contributed by atoms with E-state index in [4.69, 9.17) is 11.6 Å². The molecule has 3 rings (SSSR count). The highest BCUT2D eigenvalue weighted by molar-refractivity contribution is 7.89. The van der Waals surface area contributed by atoms with Crippen molar-refractivity contribution in [1.29, 1.82) is 0 Å². The molecule has 126 valence electrons. The third kappa shape index (κ3) is 3.12. The van der Waals surface area contributed by atoms with Crippen molar-refractivity contribution >= 4 is 27.5 Å². The Labute approximate surface area is 142 Å². The third-order valence-electron chi connectivity index (χ3n) is 4.90. The molecule has 0 aromatic heterocycles. The molecule has 0 aliphatic carbocycles. The molecule has 5 nitrogen and oxygen atoms in total. The van der Waals surface area contributed by atoms with Crippen molar-refractivity contribution < 1.29 is 13.2 Å². The van der Waals surface area contributed by atoms with Gasteiger partial charge < -0.3 is 5.32 Å². The molecule has 2 heterocycles. The van der Waals surface area contributed by atoms with E-state index in [2.05, 4.69) is 5.32 Å². The minimum Gasteiger partial charge on any atom is -0.349 e. The van der Waals surface area contributed by atoms with E-state index < -0.39 is 15.6 Å². The maximum Gasteiger partial charge on any atom is 0.243 e. The Morgan fingerprint density at radius 3 is 2.65 bits per heavy atom. The number of nitrogens with one attached hydrogen (secondary N) is 1. The van der Waals surface area contributed by atoms with E-state index in [0.29, 0.717) is 24.4 Å². The Kier molecular flexibility index (Phi) is 4.42. The average molecular weight is 357 g/mol. The normalized spacial score (nSPS) is 29.5. The van der Waals surface area contributed by atoms with Crippen LogP contribution in [0.1, 0.15) is 39.0 Å². The molecule has 1 N–H and O–H groups in total. The van der Waals surface area contributed by atoms with E-state index in [-0.39, 0.29) is 16.8 Å². The number of hydrogen-bond acceptors (Lipinski definition) is 3. The Balaban J connectivity index is 1.99. The van der Waals surface area contributed by atoms with Crippen LogP contribution in [0.15, 0.2) is 29.2 Å². The van der Waals surface area contributed by atoms with Gasteiger partial charge >= 0.3 is 0 Å². The Morgan fingerprint density at radius 2 is 1.96 bits per heavy atom. The number of amides is 1. The van der Waals surface area contributed by atoms with Crippen LogP contribution in [0, 0.1) is 0 Å². The second kappa shape index (κ2) is 6.07. The fraction of sp³-hybridized carbons (Fsp3) is 0.562. The van der Waals surface area contributed by atoms with E-state index in [1.807, 2.05) is 6.92 Å².